The van der Waals surface area contributed by atoms with Crippen LogP contribution in [0.3, 0.4) is 0 Å². The summed E-state index contributed by atoms with van der Waals surface area (Å²) in [5.41, 5.74) is 0. The second-order valence-electron chi connectivity index (χ2n) is 3.99. The first-order chi connectivity index (χ1) is 6.39. The zero-order valence-electron chi connectivity index (χ0n) is 10.2. The molecule has 2 atom stereocenters. The Morgan fingerprint density at radius 3 is 2.45 bits per heavy atom. The van der Waals surface area contributed by atoms with Gasteiger partial charge in [0.15, 0.2) is 0 Å². The van der Waals surface area contributed by atoms with Gasteiger partial charge in [-0.25, -0.2) is 0 Å². The first kappa shape index (κ1) is 4.83. The molecule has 2 heteroatoms. The van der Waals surface area contributed by atoms with Gasteiger partial charge in [-0.1, -0.05) is 0 Å². The topological polar surface area (TPSA) is 6.48 Å². The lowest BCUT2D eigenvalue weighted by Crippen LogP contribution is -2.69. The molecule has 3 aliphatic rings. The molecule has 0 N–H and O–H groups in total. The summed E-state index contributed by atoms with van der Waals surface area (Å²) in [7, 11) is 0. The lowest BCUT2D eigenvalue weighted by Gasteiger charge is -2.57. The molecule has 0 radical (unpaired) electrons. The highest BCUT2D eigenvalue weighted by Crippen LogP contribution is 2.33. The normalized spacial score (nSPS) is 44.5. The zero-order chi connectivity index (χ0) is 10.5. The van der Waals surface area contributed by atoms with Crippen LogP contribution in [0.5, 0.6) is 0 Å². The summed E-state index contributed by atoms with van der Waals surface area (Å²) in [6.45, 7) is 3.91. The van der Waals surface area contributed by atoms with E-state index in [-0.39, 0.29) is 0 Å². The molecule has 3 heterocycles. The van der Waals surface area contributed by atoms with Crippen molar-refractivity contribution < 1.29 is 4.11 Å². The maximum atomic E-state index is 7.35. The average Bonchev–Trinajstić information content (AvgIpc) is 2.01. The Bertz CT molecular complexity index is 215. The molecule has 3 fully saturated rings. The highest BCUT2D eigenvalue weighted by Gasteiger charge is 2.44. The summed E-state index contributed by atoms with van der Waals surface area (Å²) in [6.07, 6.45) is 1.19. The summed E-state index contributed by atoms with van der Waals surface area (Å²) < 4.78 is 22.1. The van der Waals surface area contributed by atoms with Gasteiger partial charge in [0.2, 0.25) is 0 Å². The van der Waals surface area contributed by atoms with Crippen molar-refractivity contribution in [3.05, 3.63) is 0 Å². The molecule has 0 aromatic heterocycles. The number of piperazine rings is 1. The summed E-state index contributed by atoms with van der Waals surface area (Å²) in [4.78, 5) is 4.09. The van der Waals surface area contributed by atoms with Crippen LogP contribution in [0, 0.1) is 0 Å². The van der Waals surface area contributed by atoms with E-state index in [0.717, 1.165) is 0 Å². The minimum absolute atomic E-state index is 0.481. The molecular formula is C9H18N2. The van der Waals surface area contributed by atoms with Crippen LogP contribution >= 0.6 is 0 Å². The lowest BCUT2D eigenvalue weighted by molar-refractivity contribution is -0.0804. The molecule has 3 rings (SSSR count). The van der Waals surface area contributed by atoms with Crippen molar-refractivity contribution in [1.29, 1.82) is 0 Å². The van der Waals surface area contributed by atoms with Crippen LogP contribution in [-0.4, -0.2) is 48.0 Å². The van der Waals surface area contributed by atoms with Crippen LogP contribution in [0.1, 0.15) is 24.4 Å². The molecule has 2 bridgehead atoms. The van der Waals surface area contributed by atoms with Gasteiger partial charge >= 0.3 is 0 Å². The van der Waals surface area contributed by atoms with Crippen LogP contribution < -0.4 is 0 Å². The van der Waals surface area contributed by atoms with E-state index in [0.29, 0.717) is 31.2 Å². The Hall–Kier alpha value is -0.0800. The van der Waals surface area contributed by atoms with Crippen molar-refractivity contribution in [3.8, 4) is 0 Å². The van der Waals surface area contributed by atoms with Crippen molar-refractivity contribution in [2.45, 2.75) is 38.4 Å². The molecular weight excluding hydrogens is 136 g/mol. The highest BCUT2D eigenvalue weighted by atomic mass is 15.4. The molecule has 3 aliphatic heterocycles. The largest absolute Gasteiger partial charge is 0.303 e. The summed E-state index contributed by atoms with van der Waals surface area (Å²) in [5.74, 6) is 0. The Morgan fingerprint density at radius 2 is 2.00 bits per heavy atom. The van der Waals surface area contributed by atoms with Gasteiger partial charge in [0.1, 0.15) is 0 Å². The maximum absolute atomic E-state index is 7.35. The van der Waals surface area contributed by atoms with E-state index in [1.165, 1.54) is 6.42 Å². The van der Waals surface area contributed by atoms with Gasteiger partial charge in [0.05, 0.1) is 0 Å². The van der Waals surface area contributed by atoms with Crippen LogP contribution in [-0.2, 0) is 0 Å². The summed E-state index contributed by atoms with van der Waals surface area (Å²) in [5, 5.41) is 0. The molecule has 0 amide bonds. The summed E-state index contributed by atoms with van der Waals surface area (Å²) in [6, 6.07) is 1.51. The first-order valence-electron chi connectivity index (χ1n) is 5.92. The number of hydrogen-bond acceptors (Lipinski definition) is 2. The quantitative estimate of drug-likeness (QED) is 0.555. The second-order valence-corrected chi connectivity index (χ2v) is 3.99. The molecule has 0 aromatic rings. The molecule has 11 heavy (non-hydrogen) atoms. The number of likely N-dealkylation sites (N-methyl/N-ethyl adjacent to an activating group) is 1. The SMILES string of the molecule is [2H]C([2H])([2H])N1CC2CC(C1)N2C(C)C. The number of hydrogen-bond donors (Lipinski definition) is 0. The van der Waals surface area contributed by atoms with E-state index in [1.54, 1.807) is 4.90 Å². The lowest BCUT2D eigenvalue weighted by atomic mass is 9.86. The fourth-order valence-corrected chi connectivity index (χ4v) is 2.48. The smallest absolute Gasteiger partial charge is 0.0394 e. The maximum Gasteiger partial charge on any atom is 0.0394 e. The summed E-state index contributed by atoms with van der Waals surface area (Å²) >= 11 is 0. The van der Waals surface area contributed by atoms with E-state index in [9.17, 15) is 0 Å². The van der Waals surface area contributed by atoms with Gasteiger partial charge < -0.3 is 4.90 Å². The van der Waals surface area contributed by atoms with Gasteiger partial charge in [0.25, 0.3) is 0 Å². The van der Waals surface area contributed by atoms with Crippen molar-refractivity contribution in [2.24, 2.45) is 0 Å². The third kappa shape index (κ3) is 1.09. The molecule has 0 saturated carbocycles. The fraction of sp³-hybridized carbons (Fsp3) is 1.00. The van der Waals surface area contributed by atoms with Crippen LogP contribution in [0.25, 0.3) is 0 Å². The van der Waals surface area contributed by atoms with E-state index in [2.05, 4.69) is 18.7 Å². The van der Waals surface area contributed by atoms with E-state index in [4.69, 9.17) is 4.11 Å². The van der Waals surface area contributed by atoms with E-state index >= 15 is 0 Å². The average molecular weight is 157 g/mol. The van der Waals surface area contributed by atoms with Crippen molar-refractivity contribution >= 4 is 0 Å². The number of piperidine rings is 1. The molecule has 0 aromatic carbocycles. The third-order valence-electron chi connectivity index (χ3n) is 2.85. The minimum atomic E-state index is -1.89. The van der Waals surface area contributed by atoms with E-state index in [1.807, 2.05) is 0 Å². The highest BCUT2D eigenvalue weighted by molar-refractivity contribution is 5.01. The molecule has 3 saturated heterocycles. The van der Waals surface area contributed by atoms with Gasteiger partial charge in [-0.2, -0.15) is 0 Å². The first-order valence-corrected chi connectivity index (χ1v) is 4.42. The zero-order valence-corrected chi connectivity index (χ0v) is 7.25. The van der Waals surface area contributed by atoms with Crippen molar-refractivity contribution in [2.75, 3.05) is 20.1 Å². The number of nitrogens with zero attached hydrogens (tertiary/aromatic N) is 2. The second kappa shape index (κ2) is 2.46. The van der Waals surface area contributed by atoms with Crippen LogP contribution in [0.15, 0.2) is 0 Å². The predicted molar refractivity (Wildman–Crippen MR) is 46.7 cm³/mol. The predicted octanol–water partition coefficient (Wildman–Crippen LogP) is 0.783. The van der Waals surface area contributed by atoms with Crippen molar-refractivity contribution in [1.82, 2.24) is 9.80 Å². The third-order valence-corrected chi connectivity index (χ3v) is 2.85. The van der Waals surface area contributed by atoms with Gasteiger partial charge in [-0.05, 0) is 27.2 Å². The number of rotatable bonds is 1. The van der Waals surface area contributed by atoms with Gasteiger partial charge in [0, 0.05) is 35.3 Å². The molecule has 2 nitrogen and oxygen atoms in total. The molecule has 0 aliphatic carbocycles. The Morgan fingerprint density at radius 1 is 1.36 bits per heavy atom. The monoisotopic (exact) mass is 157 g/mol. The van der Waals surface area contributed by atoms with E-state index < -0.39 is 6.98 Å². The van der Waals surface area contributed by atoms with Gasteiger partial charge in [-0.3, -0.25) is 4.90 Å². The molecule has 64 valence electrons. The Labute approximate surface area is 73.4 Å². The van der Waals surface area contributed by atoms with Crippen molar-refractivity contribution in [3.63, 3.8) is 0 Å². The van der Waals surface area contributed by atoms with Crippen LogP contribution in [0.4, 0.5) is 0 Å². The van der Waals surface area contributed by atoms with Crippen LogP contribution in [0.2, 0.25) is 0 Å². The fourth-order valence-electron chi connectivity index (χ4n) is 2.48. The molecule has 2 unspecified atom stereocenters. The van der Waals surface area contributed by atoms with Gasteiger partial charge in [-0.15, -0.1) is 0 Å². The molecule has 0 spiro atoms. The Balaban J connectivity index is 1.98. The Kier molecular flexibility index (Phi) is 1.08. The standard InChI is InChI=1S/C9H18N2/c1-7(2)11-8-4-9(11)6-10(3)5-8/h7-9H,4-6H2,1-3H3/i3D3. The number of fused-ring (bicyclic) bond motifs is 2. The minimum Gasteiger partial charge on any atom is -0.303 e.